The highest BCUT2D eigenvalue weighted by Gasteiger charge is 2.08. The van der Waals surface area contributed by atoms with Crippen molar-refractivity contribution in [3.63, 3.8) is 0 Å². The van der Waals surface area contributed by atoms with Crippen molar-refractivity contribution < 1.29 is 9.53 Å². The highest BCUT2D eigenvalue weighted by atomic mass is 16.5. The van der Waals surface area contributed by atoms with Crippen LogP contribution in [0.5, 0.6) is 5.75 Å². The molecule has 0 fully saturated rings. The van der Waals surface area contributed by atoms with Gasteiger partial charge in [-0.25, -0.2) is 0 Å². The van der Waals surface area contributed by atoms with Crippen LogP contribution in [0.3, 0.4) is 0 Å². The second kappa shape index (κ2) is 7.71. The second-order valence-corrected chi connectivity index (χ2v) is 4.31. The van der Waals surface area contributed by atoms with Crippen molar-refractivity contribution in [2.75, 3.05) is 13.2 Å². The number of amides is 1. The lowest BCUT2D eigenvalue weighted by Crippen LogP contribution is -2.35. The first kappa shape index (κ1) is 14.5. The molecule has 3 N–H and O–H groups in total. The highest BCUT2D eigenvalue weighted by molar-refractivity contribution is 5.77. The second-order valence-electron chi connectivity index (χ2n) is 4.31. The Hall–Kier alpha value is -1.55. The fourth-order valence-corrected chi connectivity index (χ4v) is 1.57. The Morgan fingerprint density at radius 3 is 2.83 bits per heavy atom. The molecule has 1 rings (SSSR count). The molecule has 4 nitrogen and oxygen atoms in total. The van der Waals surface area contributed by atoms with Crippen molar-refractivity contribution in [3.8, 4) is 5.75 Å². The van der Waals surface area contributed by atoms with Gasteiger partial charge in [0, 0.05) is 6.04 Å². The smallest absolute Gasteiger partial charge is 0.258 e. The van der Waals surface area contributed by atoms with Crippen LogP contribution in [0.2, 0.25) is 0 Å². The number of nitrogens with one attached hydrogen (secondary N) is 1. The van der Waals surface area contributed by atoms with Crippen molar-refractivity contribution in [1.29, 1.82) is 0 Å². The lowest BCUT2D eigenvalue weighted by Gasteiger charge is -2.13. The van der Waals surface area contributed by atoms with Crippen LogP contribution in [0.15, 0.2) is 24.3 Å². The predicted octanol–water partition coefficient (Wildman–Crippen LogP) is 1.48. The molecule has 0 radical (unpaired) electrons. The summed E-state index contributed by atoms with van der Waals surface area (Å²) in [5.74, 6) is 0.647. The first-order valence-electron chi connectivity index (χ1n) is 6.37. The van der Waals surface area contributed by atoms with Crippen molar-refractivity contribution in [3.05, 3.63) is 29.8 Å². The van der Waals surface area contributed by atoms with Gasteiger partial charge in [-0.15, -0.1) is 0 Å². The van der Waals surface area contributed by atoms with E-state index in [4.69, 9.17) is 10.5 Å². The summed E-state index contributed by atoms with van der Waals surface area (Å²) in [7, 11) is 0. The van der Waals surface area contributed by atoms with E-state index in [9.17, 15) is 4.79 Å². The summed E-state index contributed by atoms with van der Waals surface area (Å²) in [6.07, 6.45) is 1.67. The van der Waals surface area contributed by atoms with Gasteiger partial charge in [0.25, 0.3) is 5.91 Å². The average Bonchev–Trinajstić information content (AvgIpc) is 2.38. The van der Waals surface area contributed by atoms with Gasteiger partial charge in [0.05, 0.1) is 0 Å². The Bertz CT molecular complexity index is 380. The molecule has 100 valence electrons. The van der Waals surface area contributed by atoms with E-state index < -0.39 is 0 Å². The molecule has 0 saturated carbocycles. The van der Waals surface area contributed by atoms with Gasteiger partial charge in [0.1, 0.15) is 5.75 Å². The third kappa shape index (κ3) is 4.75. The fourth-order valence-electron chi connectivity index (χ4n) is 1.57. The van der Waals surface area contributed by atoms with Gasteiger partial charge in [-0.3, -0.25) is 4.79 Å². The minimum atomic E-state index is -0.0908. The van der Waals surface area contributed by atoms with Gasteiger partial charge in [0.2, 0.25) is 0 Å². The molecule has 0 aliphatic heterocycles. The number of carbonyl (C=O) groups is 1. The van der Waals surface area contributed by atoms with Gasteiger partial charge in [-0.1, -0.05) is 25.1 Å². The zero-order valence-electron chi connectivity index (χ0n) is 11.1. The van der Waals surface area contributed by atoms with Gasteiger partial charge in [-0.05, 0) is 37.9 Å². The number of carbonyl (C=O) groups excluding carboxylic acids is 1. The lowest BCUT2D eigenvalue weighted by molar-refractivity contribution is -0.123. The van der Waals surface area contributed by atoms with Crippen LogP contribution in [0, 0.1) is 0 Å². The zero-order chi connectivity index (χ0) is 13.4. The van der Waals surface area contributed by atoms with Crippen LogP contribution in [0.25, 0.3) is 0 Å². The third-order valence-corrected chi connectivity index (χ3v) is 2.76. The normalized spacial score (nSPS) is 11.9. The van der Waals surface area contributed by atoms with E-state index in [2.05, 4.69) is 5.32 Å². The molecule has 0 spiro atoms. The summed E-state index contributed by atoms with van der Waals surface area (Å²) >= 11 is 0. The van der Waals surface area contributed by atoms with E-state index in [1.54, 1.807) is 0 Å². The molecule has 4 heteroatoms. The van der Waals surface area contributed by atoms with Crippen molar-refractivity contribution in [2.45, 2.75) is 32.7 Å². The van der Waals surface area contributed by atoms with E-state index in [1.807, 2.05) is 38.1 Å². The van der Waals surface area contributed by atoms with Gasteiger partial charge in [0.15, 0.2) is 6.61 Å². The molecule has 1 unspecified atom stereocenters. The van der Waals surface area contributed by atoms with E-state index in [0.717, 1.165) is 24.2 Å². The van der Waals surface area contributed by atoms with Gasteiger partial charge >= 0.3 is 0 Å². The maximum Gasteiger partial charge on any atom is 0.258 e. The number of rotatable bonds is 7. The molecule has 1 aromatic carbocycles. The Morgan fingerprint density at radius 2 is 2.17 bits per heavy atom. The fraction of sp³-hybridized carbons (Fsp3) is 0.500. The zero-order valence-corrected chi connectivity index (χ0v) is 11.1. The molecule has 0 aliphatic carbocycles. The molecule has 1 aromatic rings. The van der Waals surface area contributed by atoms with Gasteiger partial charge in [-0.2, -0.15) is 0 Å². The number of benzene rings is 1. The number of hydrogen-bond donors (Lipinski definition) is 2. The standard InChI is InChI=1S/C14H22N2O2/c1-3-11(2)16-14(17)10-18-13-7-5-4-6-12(13)8-9-15/h4-7,11H,3,8-10,15H2,1-2H3,(H,16,17). The molecular weight excluding hydrogens is 228 g/mol. The van der Waals surface area contributed by atoms with Crippen LogP contribution in [0.4, 0.5) is 0 Å². The molecular formula is C14H22N2O2. The number of para-hydroxylation sites is 1. The molecule has 0 heterocycles. The minimum Gasteiger partial charge on any atom is -0.483 e. The van der Waals surface area contributed by atoms with Crippen LogP contribution >= 0.6 is 0 Å². The minimum absolute atomic E-state index is 0.0475. The molecule has 0 saturated heterocycles. The third-order valence-electron chi connectivity index (χ3n) is 2.76. The van der Waals surface area contributed by atoms with E-state index in [-0.39, 0.29) is 18.6 Å². The maximum absolute atomic E-state index is 11.6. The average molecular weight is 250 g/mol. The quantitative estimate of drug-likeness (QED) is 0.770. The Balaban J connectivity index is 2.50. The Labute approximate surface area is 109 Å². The first-order valence-corrected chi connectivity index (χ1v) is 6.37. The van der Waals surface area contributed by atoms with Crippen LogP contribution in [0.1, 0.15) is 25.8 Å². The van der Waals surface area contributed by atoms with Crippen LogP contribution < -0.4 is 15.8 Å². The lowest BCUT2D eigenvalue weighted by atomic mass is 10.1. The Kier molecular flexibility index (Phi) is 6.22. The van der Waals surface area contributed by atoms with Crippen molar-refractivity contribution in [2.24, 2.45) is 5.73 Å². The molecule has 0 aromatic heterocycles. The summed E-state index contributed by atoms with van der Waals surface area (Å²) in [4.78, 5) is 11.6. The summed E-state index contributed by atoms with van der Waals surface area (Å²) < 4.78 is 5.53. The summed E-state index contributed by atoms with van der Waals surface area (Å²) in [6, 6.07) is 7.84. The van der Waals surface area contributed by atoms with E-state index >= 15 is 0 Å². The van der Waals surface area contributed by atoms with Gasteiger partial charge < -0.3 is 15.8 Å². The van der Waals surface area contributed by atoms with Crippen LogP contribution in [-0.4, -0.2) is 25.1 Å². The topological polar surface area (TPSA) is 64.3 Å². The van der Waals surface area contributed by atoms with Crippen LogP contribution in [-0.2, 0) is 11.2 Å². The van der Waals surface area contributed by atoms with E-state index in [1.165, 1.54) is 0 Å². The van der Waals surface area contributed by atoms with Crippen molar-refractivity contribution in [1.82, 2.24) is 5.32 Å². The summed E-state index contributed by atoms with van der Waals surface area (Å²) in [5, 5.41) is 2.86. The number of ether oxygens (including phenoxy) is 1. The number of nitrogens with two attached hydrogens (primary N) is 1. The molecule has 1 amide bonds. The predicted molar refractivity (Wildman–Crippen MR) is 72.6 cm³/mol. The largest absolute Gasteiger partial charge is 0.483 e. The Morgan fingerprint density at radius 1 is 1.44 bits per heavy atom. The monoisotopic (exact) mass is 250 g/mol. The van der Waals surface area contributed by atoms with E-state index in [0.29, 0.717) is 6.54 Å². The SMILES string of the molecule is CCC(C)NC(=O)COc1ccccc1CCN. The first-order chi connectivity index (χ1) is 8.67. The number of hydrogen-bond acceptors (Lipinski definition) is 3. The molecule has 1 atom stereocenters. The summed E-state index contributed by atoms with van der Waals surface area (Å²) in [6.45, 7) is 4.62. The molecule has 0 bridgehead atoms. The summed E-state index contributed by atoms with van der Waals surface area (Å²) in [5.41, 5.74) is 6.57. The highest BCUT2D eigenvalue weighted by Crippen LogP contribution is 2.17. The molecule has 18 heavy (non-hydrogen) atoms. The molecule has 0 aliphatic rings. The maximum atomic E-state index is 11.6. The van der Waals surface area contributed by atoms with Crippen molar-refractivity contribution >= 4 is 5.91 Å².